The van der Waals surface area contributed by atoms with Crippen molar-refractivity contribution in [1.82, 2.24) is 4.98 Å². The Morgan fingerprint density at radius 1 is 1.29 bits per heavy atom. The lowest BCUT2D eigenvalue weighted by molar-refractivity contribution is -0.115. The largest absolute Gasteiger partial charge is 0.462 e. The monoisotopic (exact) mass is 361 g/mol. The van der Waals surface area contributed by atoms with Gasteiger partial charge in [-0.15, -0.1) is 11.3 Å². The quantitative estimate of drug-likeness (QED) is 0.728. The Labute approximate surface area is 146 Å². The van der Waals surface area contributed by atoms with Crippen LogP contribution in [0.1, 0.15) is 15.9 Å². The van der Waals surface area contributed by atoms with Crippen LogP contribution in [0.3, 0.4) is 0 Å². The molecule has 3 aromatic rings. The number of benzene rings is 1. The molecule has 3 N–H and O–H groups in total. The van der Waals surface area contributed by atoms with E-state index >= 15 is 0 Å². The van der Waals surface area contributed by atoms with Crippen molar-refractivity contribution in [1.29, 1.82) is 0 Å². The van der Waals surface area contributed by atoms with Crippen molar-refractivity contribution in [3.05, 3.63) is 58.1 Å². The first kappa shape index (κ1) is 16.2. The summed E-state index contributed by atoms with van der Waals surface area (Å²) in [6.45, 7) is 0. The third kappa shape index (κ3) is 3.81. The highest BCUT2D eigenvalue weighted by atomic mass is 35.5. The summed E-state index contributed by atoms with van der Waals surface area (Å²) in [6.07, 6.45) is 1.49. The Kier molecular flexibility index (Phi) is 4.64. The summed E-state index contributed by atoms with van der Waals surface area (Å²) in [4.78, 5) is 27.4. The number of furan rings is 1. The molecule has 0 atom stereocenters. The van der Waals surface area contributed by atoms with Crippen LogP contribution >= 0.6 is 22.9 Å². The number of hydrogen-bond acceptors (Lipinski definition) is 5. The number of amides is 2. The third-order valence-corrected chi connectivity index (χ3v) is 4.17. The van der Waals surface area contributed by atoms with Crippen LogP contribution in [-0.4, -0.2) is 16.8 Å². The van der Waals surface area contributed by atoms with Crippen molar-refractivity contribution in [3.8, 4) is 11.5 Å². The van der Waals surface area contributed by atoms with E-state index in [4.69, 9.17) is 21.8 Å². The Balaban J connectivity index is 1.65. The van der Waals surface area contributed by atoms with E-state index in [1.807, 2.05) is 0 Å². The molecular formula is C16H12ClN3O3S. The summed E-state index contributed by atoms with van der Waals surface area (Å²) in [5.41, 5.74) is 6.82. The Hall–Kier alpha value is -2.64. The number of hydrogen-bond donors (Lipinski definition) is 2. The number of aromatic nitrogens is 1. The number of anilines is 1. The molecule has 0 aliphatic carbocycles. The molecule has 122 valence electrons. The highest BCUT2D eigenvalue weighted by molar-refractivity contribution is 7.14. The minimum Gasteiger partial charge on any atom is -0.462 e. The average molecular weight is 362 g/mol. The summed E-state index contributed by atoms with van der Waals surface area (Å²) in [5.74, 6) is -0.342. The van der Waals surface area contributed by atoms with Gasteiger partial charge in [0.05, 0.1) is 12.0 Å². The Bertz CT molecular complexity index is 886. The van der Waals surface area contributed by atoms with Gasteiger partial charge in [-0.1, -0.05) is 23.7 Å². The molecule has 1 aromatic carbocycles. The zero-order valence-corrected chi connectivity index (χ0v) is 13.9. The van der Waals surface area contributed by atoms with Crippen LogP contribution in [0.15, 0.2) is 46.4 Å². The van der Waals surface area contributed by atoms with Crippen molar-refractivity contribution in [2.24, 2.45) is 5.73 Å². The van der Waals surface area contributed by atoms with E-state index in [9.17, 15) is 9.59 Å². The molecule has 2 aromatic heterocycles. The lowest BCUT2D eigenvalue weighted by Gasteiger charge is -2.02. The number of halogens is 1. The second-order valence-corrected chi connectivity index (χ2v) is 6.25. The van der Waals surface area contributed by atoms with Crippen molar-refractivity contribution in [2.75, 3.05) is 5.32 Å². The second-order valence-electron chi connectivity index (χ2n) is 4.95. The van der Waals surface area contributed by atoms with E-state index in [0.717, 1.165) is 5.56 Å². The first-order valence-electron chi connectivity index (χ1n) is 6.90. The molecule has 0 bridgehead atoms. The predicted octanol–water partition coefficient (Wildman–Crippen LogP) is 3.34. The fourth-order valence-corrected chi connectivity index (χ4v) is 2.84. The number of nitrogens with one attached hydrogen (secondary N) is 1. The topological polar surface area (TPSA) is 98.2 Å². The summed E-state index contributed by atoms with van der Waals surface area (Å²) in [7, 11) is 0. The number of rotatable bonds is 5. The van der Waals surface area contributed by atoms with Gasteiger partial charge in [-0.25, -0.2) is 4.98 Å². The smallest absolute Gasteiger partial charge is 0.251 e. The SMILES string of the molecule is NC(=O)c1coc(-c2csc(NC(=O)Cc3ccc(Cl)cc3)n2)c1. The molecule has 2 amide bonds. The standard InChI is InChI=1S/C16H12ClN3O3S/c17-11-3-1-9(2-4-11)5-14(21)20-16-19-12(8-24-16)13-6-10(7-23-13)15(18)22/h1-4,6-8H,5H2,(H2,18,22)(H,19,20,21). The van der Waals surface area contributed by atoms with Gasteiger partial charge in [0.25, 0.3) is 5.91 Å². The number of primary amides is 1. The van der Waals surface area contributed by atoms with Crippen LogP contribution in [-0.2, 0) is 11.2 Å². The van der Waals surface area contributed by atoms with Crippen molar-refractivity contribution >= 4 is 39.9 Å². The first-order chi connectivity index (χ1) is 11.5. The van der Waals surface area contributed by atoms with Gasteiger partial charge in [0.15, 0.2) is 10.9 Å². The van der Waals surface area contributed by atoms with Gasteiger partial charge in [-0.2, -0.15) is 0 Å². The Morgan fingerprint density at radius 2 is 2.04 bits per heavy atom. The molecular weight excluding hydrogens is 350 g/mol. The van der Waals surface area contributed by atoms with Crippen LogP contribution in [0.2, 0.25) is 5.02 Å². The molecule has 24 heavy (non-hydrogen) atoms. The zero-order valence-electron chi connectivity index (χ0n) is 12.3. The predicted molar refractivity (Wildman–Crippen MR) is 92.1 cm³/mol. The van der Waals surface area contributed by atoms with Crippen LogP contribution < -0.4 is 11.1 Å². The lowest BCUT2D eigenvalue weighted by atomic mass is 10.1. The van der Waals surface area contributed by atoms with E-state index in [1.54, 1.807) is 29.6 Å². The fraction of sp³-hybridized carbons (Fsp3) is 0.0625. The van der Waals surface area contributed by atoms with Gasteiger partial charge in [0, 0.05) is 10.4 Å². The van der Waals surface area contributed by atoms with Gasteiger partial charge >= 0.3 is 0 Å². The molecule has 0 unspecified atom stereocenters. The van der Waals surface area contributed by atoms with Crippen LogP contribution in [0, 0.1) is 0 Å². The van der Waals surface area contributed by atoms with E-state index in [0.29, 0.717) is 21.6 Å². The van der Waals surface area contributed by atoms with Gasteiger partial charge in [-0.3, -0.25) is 9.59 Å². The maximum absolute atomic E-state index is 12.0. The van der Waals surface area contributed by atoms with Gasteiger partial charge in [0.1, 0.15) is 12.0 Å². The van der Waals surface area contributed by atoms with Gasteiger partial charge in [0.2, 0.25) is 5.91 Å². The molecule has 8 heteroatoms. The van der Waals surface area contributed by atoms with Crippen LogP contribution in [0.4, 0.5) is 5.13 Å². The number of carbonyl (C=O) groups excluding carboxylic acids is 2. The van der Waals surface area contributed by atoms with Crippen LogP contribution in [0.5, 0.6) is 0 Å². The number of carbonyl (C=O) groups is 2. The molecule has 0 fully saturated rings. The first-order valence-corrected chi connectivity index (χ1v) is 8.15. The lowest BCUT2D eigenvalue weighted by Crippen LogP contribution is -2.14. The molecule has 0 saturated heterocycles. The molecule has 2 heterocycles. The van der Waals surface area contributed by atoms with E-state index in [-0.39, 0.29) is 17.9 Å². The van der Waals surface area contributed by atoms with Crippen LogP contribution in [0.25, 0.3) is 11.5 Å². The maximum Gasteiger partial charge on any atom is 0.251 e. The molecule has 3 rings (SSSR count). The van der Waals surface area contributed by atoms with Gasteiger partial charge < -0.3 is 15.5 Å². The number of nitrogens with two attached hydrogens (primary N) is 1. The van der Waals surface area contributed by atoms with Crippen molar-refractivity contribution < 1.29 is 14.0 Å². The minimum absolute atomic E-state index is 0.185. The normalized spacial score (nSPS) is 10.5. The zero-order chi connectivity index (χ0) is 17.1. The summed E-state index contributed by atoms with van der Waals surface area (Å²) in [5, 5.41) is 5.52. The highest BCUT2D eigenvalue weighted by Crippen LogP contribution is 2.26. The molecule has 0 aliphatic rings. The highest BCUT2D eigenvalue weighted by Gasteiger charge is 2.13. The molecule has 6 nitrogen and oxygen atoms in total. The number of thiazole rings is 1. The second kappa shape index (κ2) is 6.86. The van der Waals surface area contributed by atoms with E-state index in [1.165, 1.54) is 23.7 Å². The van der Waals surface area contributed by atoms with E-state index < -0.39 is 5.91 Å². The van der Waals surface area contributed by atoms with Crippen molar-refractivity contribution in [2.45, 2.75) is 6.42 Å². The molecule has 0 aliphatic heterocycles. The molecule has 0 radical (unpaired) electrons. The van der Waals surface area contributed by atoms with Crippen molar-refractivity contribution in [3.63, 3.8) is 0 Å². The molecule has 0 spiro atoms. The fourth-order valence-electron chi connectivity index (χ4n) is 2.00. The summed E-state index contributed by atoms with van der Waals surface area (Å²) < 4.78 is 5.26. The Morgan fingerprint density at radius 3 is 2.71 bits per heavy atom. The minimum atomic E-state index is -0.572. The average Bonchev–Trinajstić information content (AvgIpc) is 3.18. The summed E-state index contributed by atoms with van der Waals surface area (Å²) in [6, 6.07) is 8.57. The summed E-state index contributed by atoms with van der Waals surface area (Å²) >= 11 is 7.08. The molecule has 0 saturated carbocycles. The van der Waals surface area contributed by atoms with Gasteiger partial charge in [-0.05, 0) is 23.8 Å². The number of nitrogens with zero attached hydrogens (tertiary/aromatic N) is 1. The third-order valence-electron chi connectivity index (χ3n) is 3.16. The van der Waals surface area contributed by atoms with E-state index in [2.05, 4.69) is 10.3 Å². The maximum atomic E-state index is 12.0.